The first kappa shape index (κ1) is 23.4. The summed E-state index contributed by atoms with van der Waals surface area (Å²) in [6.07, 6.45) is -1.36. The van der Waals surface area contributed by atoms with E-state index in [2.05, 4.69) is 32.4 Å². The first-order valence-electron chi connectivity index (χ1n) is 8.57. The highest BCUT2D eigenvalue weighted by atomic mass is 127. The Kier molecular flexibility index (Phi) is 10.2. The molecule has 0 amide bonds. The van der Waals surface area contributed by atoms with Crippen molar-refractivity contribution in [2.45, 2.75) is 32.4 Å². The third kappa shape index (κ3) is 7.95. The molecule has 0 saturated carbocycles. The molecule has 0 bridgehead atoms. The van der Waals surface area contributed by atoms with Gasteiger partial charge in [0.25, 0.3) is 0 Å². The second kappa shape index (κ2) is 11.3. The fourth-order valence-corrected chi connectivity index (χ4v) is 3.61. The molecule has 150 valence electrons. The van der Waals surface area contributed by atoms with Crippen LogP contribution in [0.2, 0.25) is 0 Å². The summed E-state index contributed by atoms with van der Waals surface area (Å²) >= 11 is 1.03. The highest BCUT2D eigenvalue weighted by molar-refractivity contribution is 14.0. The highest BCUT2D eigenvalue weighted by Crippen LogP contribution is 2.29. The zero-order chi connectivity index (χ0) is 18.3. The Bertz CT molecular complexity index is 558. The number of rotatable bonds is 7. The van der Waals surface area contributed by atoms with Crippen LogP contribution in [-0.2, 0) is 12.6 Å². The first-order valence-corrected chi connectivity index (χ1v) is 9.45. The SMILES string of the molecule is CN=C(NCCc1nc(C(F)(F)F)cs1)NCC(C)CN1CCCC1.I. The van der Waals surface area contributed by atoms with Crippen LogP contribution < -0.4 is 10.6 Å². The molecule has 1 atom stereocenters. The zero-order valence-electron chi connectivity index (χ0n) is 15.1. The highest BCUT2D eigenvalue weighted by Gasteiger charge is 2.33. The van der Waals surface area contributed by atoms with Crippen molar-refractivity contribution in [3.63, 3.8) is 0 Å². The predicted molar refractivity (Wildman–Crippen MR) is 110 cm³/mol. The molecule has 1 unspecified atom stereocenters. The quantitative estimate of drug-likeness (QED) is 0.340. The molecule has 1 aliphatic heterocycles. The lowest BCUT2D eigenvalue weighted by Crippen LogP contribution is -2.42. The number of likely N-dealkylation sites (tertiary alicyclic amines) is 1. The van der Waals surface area contributed by atoms with Gasteiger partial charge < -0.3 is 15.5 Å². The molecule has 2 heterocycles. The molecule has 2 N–H and O–H groups in total. The number of hydrogen-bond acceptors (Lipinski definition) is 4. The van der Waals surface area contributed by atoms with E-state index < -0.39 is 11.9 Å². The van der Waals surface area contributed by atoms with Gasteiger partial charge in [0.2, 0.25) is 0 Å². The molecule has 1 aliphatic rings. The van der Waals surface area contributed by atoms with Gasteiger partial charge in [0.05, 0.1) is 5.01 Å². The van der Waals surface area contributed by atoms with E-state index in [-0.39, 0.29) is 24.0 Å². The number of alkyl halides is 3. The van der Waals surface area contributed by atoms with E-state index >= 15 is 0 Å². The van der Waals surface area contributed by atoms with Gasteiger partial charge in [-0.1, -0.05) is 6.92 Å². The van der Waals surface area contributed by atoms with Gasteiger partial charge in [0.15, 0.2) is 11.7 Å². The van der Waals surface area contributed by atoms with Gasteiger partial charge in [-0.05, 0) is 31.8 Å². The van der Waals surface area contributed by atoms with E-state index in [0.29, 0.717) is 29.9 Å². The number of aromatic nitrogens is 1. The average molecular weight is 505 g/mol. The van der Waals surface area contributed by atoms with Gasteiger partial charge in [-0.25, -0.2) is 4.98 Å². The summed E-state index contributed by atoms with van der Waals surface area (Å²) in [6.45, 7) is 6.95. The Morgan fingerprint density at radius 3 is 2.62 bits per heavy atom. The van der Waals surface area contributed by atoms with Crippen LogP contribution in [0.5, 0.6) is 0 Å². The lowest BCUT2D eigenvalue weighted by molar-refractivity contribution is -0.140. The standard InChI is InChI=1S/C16H26F3N5S.HI/c1-12(10-24-7-3-4-8-24)9-22-15(20-2)21-6-5-14-23-13(11-25-14)16(17,18)19;/h11-12H,3-10H2,1-2H3,(H2,20,21,22);1H. The maximum absolute atomic E-state index is 12.5. The van der Waals surface area contributed by atoms with Gasteiger partial charge in [-0.15, -0.1) is 35.3 Å². The fourth-order valence-electron chi connectivity index (χ4n) is 2.81. The summed E-state index contributed by atoms with van der Waals surface area (Å²) in [5.41, 5.74) is -0.814. The van der Waals surface area contributed by atoms with E-state index in [1.165, 1.54) is 25.9 Å². The fraction of sp³-hybridized carbons (Fsp3) is 0.750. The molecule has 1 fully saturated rings. The molecule has 0 aliphatic carbocycles. The molecule has 0 spiro atoms. The van der Waals surface area contributed by atoms with Crippen molar-refractivity contribution < 1.29 is 13.2 Å². The predicted octanol–water partition coefficient (Wildman–Crippen LogP) is 3.22. The summed E-state index contributed by atoms with van der Waals surface area (Å²) in [5, 5.41) is 7.93. The number of guanidine groups is 1. The monoisotopic (exact) mass is 505 g/mol. The van der Waals surface area contributed by atoms with Crippen LogP contribution in [-0.4, -0.2) is 55.6 Å². The van der Waals surface area contributed by atoms with E-state index in [4.69, 9.17) is 0 Å². The van der Waals surface area contributed by atoms with Crippen molar-refractivity contribution in [2.24, 2.45) is 10.9 Å². The van der Waals surface area contributed by atoms with E-state index in [1.807, 2.05) is 0 Å². The number of halogens is 4. The minimum absolute atomic E-state index is 0. The van der Waals surface area contributed by atoms with Gasteiger partial charge in [0, 0.05) is 38.5 Å². The van der Waals surface area contributed by atoms with Crippen LogP contribution in [0.3, 0.4) is 0 Å². The Hall–Kier alpha value is -0.620. The topological polar surface area (TPSA) is 52.6 Å². The Labute approximate surface area is 173 Å². The smallest absolute Gasteiger partial charge is 0.356 e. The van der Waals surface area contributed by atoms with Gasteiger partial charge in [-0.3, -0.25) is 4.99 Å². The third-order valence-corrected chi connectivity index (χ3v) is 4.99. The van der Waals surface area contributed by atoms with Crippen LogP contribution in [0, 0.1) is 5.92 Å². The van der Waals surface area contributed by atoms with Crippen LogP contribution in [0.4, 0.5) is 13.2 Å². The normalized spacial score (nSPS) is 17.0. The van der Waals surface area contributed by atoms with Crippen LogP contribution in [0.1, 0.15) is 30.5 Å². The van der Waals surface area contributed by atoms with Gasteiger partial charge in [0.1, 0.15) is 0 Å². The second-order valence-corrected chi connectivity index (χ2v) is 7.31. The Morgan fingerprint density at radius 2 is 2.04 bits per heavy atom. The third-order valence-electron chi connectivity index (χ3n) is 4.08. The van der Waals surface area contributed by atoms with Crippen LogP contribution >= 0.6 is 35.3 Å². The minimum atomic E-state index is -4.37. The summed E-state index contributed by atoms with van der Waals surface area (Å²) in [6, 6.07) is 0. The molecule has 1 saturated heterocycles. The lowest BCUT2D eigenvalue weighted by Gasteiger charge is -2.21. The largest absolute Gasteiger partial charge is 0.434 e. The Balaban J connectivity index is 0.00000338. The van der Waals surface area contributed by atoms with Crippen molar-refractivity contribution in [2.75, 3.05) is 39.8 Å². The molecule has 26 heavy (non-hydrogen) atoms. The molecule has 1 aromatic rings. The molecule has 5 nitrogen and oxygen atoms in total. The number of hydrogen-bond donors (Lipinski definition) is 2. The Morgan fingerprint density at radius 1 is 1.35 bits per heavy atom. The molecular weight excluding hydrogens is 478 g/mol. The molecule has 0 aromatic carbocycles. The molecule has 0 radical (unpaired) electrons. The molecule has 1 aromatic heterocycles. The molecule has 10 heteroatoms. The van der Waals surface area contributed by atoms with E-state index in [1.54, 1.807) is 7.05 Å². The van der Waals surface area contributed by atoms with Gasteiger partial charge in [-0.2, -0.15) is 13.2 Å². The number of aliphatic imine (C=N–C) groups is 1. The number of nitrogens with one attached hydrogen (secondary N) is 2. The first-order chi connectivity index (χ1) is 11.9. The summed E-state index contributed by atoms with van der Waals surface area (Å²) < 4.78 is 37.6. The van der Waals surface area contributed by atoms with Crippen molar-refractivity contribution in [1.29, 1.82) is 0 Å². The van der Waals surface area contributed by atoms with Crippen LogP contribution in [0.15, 0.2) is 10.4 Å². The van der Waals surface area contributed by atoms with Crippen molar-refractivity contribution in [3.05, 3.63) is 16.1 Å². The maximum atomic E-state index is 12.5. The molecular formula is C16H27F3IN5S. The maximum Gasteiger partial charge on any atom is 0.434 e. The van der Waals surface area contributed by atoms with Crippen molar-refractivity contribution >= 4 is 41.3 Å². The number of thiazole rings is 1. The van der Waals surface area contributed by atoms with E-state index in [9.17, 15) is 13.2 Å². The summed E-state index contributed by atoms with van der Waals surface area (Å²) in [5.74, 6) is 1.17. The van der Waals surface area contributed by atoms with Gasteiger partial charge >= 0.3 is 6.18 Å². The number of nitrogens with zero attached hydrogens (tertiary/aromatic N) is 3. The average Bonchev–Trinajstić information content (AvgIpc) is 3.21. The summed E-state index contributed by atoms with van der Waals surface area (Å²) in [4.78, 5) is 10.3. The minimum Gasteiger partial charge on any atom is -0.356 e. The molecule has 2 rings (SSSR count). The van der Waals surface area contributed by atoms with Crippen molar-refractivity contribution in [3.8, 4) is 0 Å². The van der Waals surface area contributed by atoms with Crippen LogP contribution in [0.25, 0.3) is 0 Å². The van der Waals surface area contributed by atoms with Crippen molar-refractivity contribution in [1.82, 2.24) is 20.5 Å². The lowest BCUT2D eigenvalue weighted by atomic mass is 10.1. The second-order valence-electron chi connectivity index (χ2n) is 6.37. The summed E-state index contributed by atoms with van der Waals surface area (Å²) in [7, 11) is 1.69. The van der Waals surface area contributed by atoms with E-state index in [0.717, 1.165) is 29.8 Å². The zero-order valence-corrected chi connectivity index (χ0v) is 18.3.